The fourth-order valence-corrected chi connectivity index (χ4v) is 2.65. The van der Waals surface area contributed by atoms with Crippen LogP contribution in [0.5, 0.6) is 0 Å². The molecule has 0 radical (unpaired) electrons. The van der Waals surface area contributed by atoms with Crippen molar-refractivity contribution in [3.05, 3.63) is 0 Å². The predicted molar refractivity (Wildman–Crippen MR) is 59.8 cm³/mol. The van der Waals surface area contributed by atoms with Gasteiger partial charge in [0.2, 0.25) is 0 Å². The fraction of sp³-hybridized carbons (Fsp3) is 1.00. The van der Waals surface area contributed by atoms with Crippen LogP contribution in [0.3, 0.4) is 0 Å². The Morgan fingerprint density at radius 1 is 1.31 bits per heavy atom. The first-order chi connectivity index (χ1) is 5.87. The third-order valence-corrected chi connectivity index (χ3v) is 4.22. The van der Waals surface area contributed by atoms with Gasteiger partial charge in [-0.15, -0.1) is 0 Å². The molecule has 0 amide bonds. The lowest BCUT2D eigenvalue weighted by molar-refractivity contribution is 0.0809. The Kier molecular flexibility index (Phi) is 3.09. The van der Waals surface area contributed by atoms with Crippen molar-refractivity contribution in [2.45, 2.75) is 66.7 Å². The lowest BCUT2D eigenvalue weighted by atomic mass is 9.63. The minimum Gasteiger partial charge on any atom is -0.0649 e. The highest BCUT2D eigenvalue weighted by Crippen LogP contribution is 2.47. The average Bonchev–Trinajstić information content (AvgIpc) is 2.03. The van der Waals surface area contributed by atoms with E-state index in [0.29, 0.717) is 10.8 Å². The first-order valence-corrected chi connectivity index (χ1v) is 5.87. The van der Waals surface area contributed by atoms with Crippen LogP contribution >= 0.6 is 0 Å². The highest BCUT2D eigenvalue weighted by atomic mass is 14.4. The molecule has 0 heteroatoms. The van der Waals surface area contributed by atoms with E-state index in [1.54, 1.807) is 0 Å². The highest BCUT2D eigenvalue weighted by Gasteiger charge is 2.35. The van der Waals surface area contributed by atoms with Gasteiger partial charge in [0.15, 0.2) is 0 Å². The molecule has 0 aromatic carbocycles. The maximum Gasteiger partial charge on any atom is -0.0328 e. The minimum atomic E-state index is 0.567. The molecule has 1 saturated carbocycles. The van der Waals surface area contributed by atoms with Crippen LogP contribution in [-0.2, 0) is 0 Å². The van der Waals surface area contributed by atoms with Crippen molar-refractivity contribution in [1.29, 1.82) is 0 Å². The van der Waals surface area contributed by atoms with Gasteiger partial charge in [0.1, 0.15) is 0 Å². The van der Waals surface area contributed by atoms with E-state index in [1.807, 2.05) is 0 Å². The Hall–Kier alpha value is 0. The lowest BCUT2D eigenvalue weighted by Crippen LogP contribution is -2.32. The summed E-state index contributed by atoms with van der Waals surface area (Å²) in [5, 5.41) is 0. The summed E-state index contributed by atoms with van der Waals surface area (Å²) in [7, 11) is 0. The predicted octanol–water partition coefficient (Wildman–Crippen LogP) is 4.64. The zero-order valence-electron chi connectivity index (χ0n) is 10.1. The molecule has 0 nitrogen and oxygen atoms in total. The summed E-state index contributed by atoms with van der Waals surface area (Å²) in [4.78, 5) is 0. The third kappa shape index (κ3) is 2.72. The Morgan fingerprint density at radius 3 is 2.38 bits per heavy atom. The molecule has 1 rings (SSSR count). The van der Waals surface area contributed by atoms with Gasteiger partial charge in [-0.3, -0.25) is 0 Å². The number of hydrogen-bond acceptors (Lipinski definition) is 0. The van der Waals surface area contributed by atoms with Crippen molar-refractivity contribution < 1.29 is 0 Å². The quantitative estimate of drug-likeness (QED) is 0.583. The van der Waals surface area contributed by atoms with E-state index in [2.05, 4.69) is 34.6 Å². The van der Waals surface area contributed by atoms with E-state index in [4.69, 9.17) is 0 Å². The monoisotopic (exact) mass is 182 g/mol. The molecule has 1 fully saturated rings. The second-order valence-electron chi connectivity index (χ2n) is 6.30. The van der Waals surface area contributed by atoms with E-state index >= 15 is 0 Å². The molecule has 0 saturated heterocycles. The van der Waals surface area contributed by atoms with Gasteiger partial charge in [0.25, 0.3) is 0 Å². The van der Waals surface area contributed by atoms with Gasteiger partial charge in [-0.2, -0.15) is 0 Å². The standard InChI is InChI=1S/C13H26/c1-6-13(4,5)11-8-7-9-12(2,3)10-11/h11H,6-10H2,1-5H3. The van der Waals surface area contributed by atoms with E-state index in [1.165, 1.54) is 32.1 Å². The fourth-order valence-electron chi connectivity index (χ4n) is 2.65. The molecule has 0 N–H and O–H groups in total. The second-order valence-corrected chi connectivity index (χ2v) is 6.30. The molecule has 0 spiro atoms. The lowest BCUT2D eigenvalue weighted by Gasteiger charge is -2.43. The topological polar surface area (TPSA) is 0 Å². The Morgan fingerprint density at radius 2 is 1.92 bits per heavy atom. The molecule has 1 aliphatic carbocycles. The van der Waals surface area contributed by atoms with Crippen LogP contribution in [0.4, 0.5) is 0 Å². The molecule has 0 aromatic rings. The largest absolute Gasteiger partial charge is 0.0649 e. The summed E-state index contributed by atoms with van der Waals surface area (Å²) in [6.07, 6.45) is 7.11. The van der Waals surface area contributed by atoms with Crippen molar-refractivity contribution in [3.63, 3.8) is 0 Å². The Bertz CT molecular complexity index is 165. The SMILES string of the molecule is CCC(C)(C)C1CCCC(C)(C)C1. The summed E-state index contributed by atoms with van der Waals surface area (Å²) in [6.45, 7) is 12.1. The molecule has 0 heterocycles. The van der Waals surface area contributed by atoms with Crippen LogP contribution in [0.2, 0.25) is 0 Å². The van der Waals surface area contributed by atoms with E-state index in [0.717, 1.165) is 5.92 Å². The third-order valence-electron chi connectivity index (χ3n) is 4.22. The van der Waals surface area contributed by atoms with Crippen molar-refractivity contribution in [1.82, 2.24) is 0 Å². The van der Waals surface area contributed by atoms with Crippen molar-refractivity contribution in [3.8, 4) is 0 Å². The molecule has 78 valence electrons. The molecule has 13 heavy (non-hydrogen) atoms. The summed E-state index contributed by atoms with van der Waals surface area (Å²) < 4.78 is 0. The molecule has 1 aliphatic rings. The Balaban J connectivity index is 2.61. The molecular weight excluding hydrogens is 156 g/mol. The van der Waals surface area contributed by atoms with Crippen LogP contribution in [0, 0.1) is 16.7 Å². The van der Waals surface area contributed by atoms with Crippen LogP contribution in [0.15, 0.2) is 0 Å². The average molecular weight is 182 g/mol. The van der Waals surface area contributed by atoms with Gasteiger partial charge in [-0.05, 0) is 36.0 Å². The van der Waals surface area contributed by atoms with Gasteiger partial charge < -0.3 is 0 Å². The maximum absolute atomic E-state index is 2.44. The summed E-state index contributed by atoms with van der Waals surface area (Å²) in [5.41, 5.74) is 1.17. The maximum atomic E-state index is 2.44. The molecule has 1 atom stereocenters. The first kappa shape index (κ1) is 11.1. The number of rotatable bonds is 2. The van der Waals surface area contributed by atoms with Gasteiger partial charge in [0, 0.05) is 0 Å². The van der Waals surface area contributed by atoms with E-state index in [-0.39, 0.29) is 0 Å². The molecule has 0 aromatic heterocycles. The zero-order chi connectivity index (χ0) is 10.1. The van der Waals surface area contributed by atoms with Gasteiger partial charge in [-0.1, -0.05) is 47.5 Å². The van der Waals surface area contributed by atoms with Crippen LogP contribution in [-0.4, -0.2) is 0 Å². The summed E-state index contributed by atoms with van der Waals surface area (Å²) in [5.74, 6) is 0.959. The van der Waals surface area contributed by atoms with Crippen molar-refractivity contribution in [2.75, 3.05) is 0 Å². The normalized spacial score (nSPS) is 28.8. The van der Waals surface area contributed by atoms with Crippen molar-refractivity contribution in [2.24, 2.45) is 16.7 Å². The van der Waals surface area contributed by atoms with Gasteiger partial charge in [0.05, 0.1) is 0 Å². The molecular formula is C13H26. The van der Waals surface area contributed by atoms with Crippen LogP contribution < -0.4 is 0 Å². The van der Waals surface area contributed by atoms with Crippen LogP contribution in [0.25, 0.3) is 0 Å². The first-order valence-electron chi connectivity index (χ1n) is 5.87. The summed E-state index contributed by atoms with van der Waals surface area (Å²) in [6, 6.07) is 0. The smallest absolute Gasteiger partial charge is 0.0328 e. The Labute approximate surface area is 84.1 Å². The van der Waals surface area contributed by atoms with Gasteiger partial charge in [-0.25, -0.2) is 0 Å². The van der Waals surface area contributed by atoms with Crippen LogP contribution in [0.1, 0.15) is 66.7 Å². The van der Waals surface area contributed by atoms with Gasteiger partial charge >= 0.3 is 0 Å². The minimum absolute atomic E-state index is 0.567. The van der Waals surface area contributed by atoms with E-state index in [9.17, 15) is 0 Å². The molecule has 1 unspecified atom stereocenters. The van der Waals surface area contributed by atoms with Crippen molar-refractivity contribution >= 4 is 0 Å². The molecule has 0 aliphatic heterocycles. The summed E-state index contributed by atoms with van der Waals surface area (Å²) >= 11 is 0. The molecule has 0 bridgehead atoms. The highest BCUT2D eigenvalue weighted by molar-refractivity contribution is 4.86. The second kappa shape index (κ2) is 3.63. The van der Waals surface area contributed by atoms with E-state index < -0.39 is 0 Å². The number of hydrogen-bond donors (Lipinski definition) is 0. The zero-order valence-corrected chi connectivity index (χ0v) is 10.1.